The second kappa shape index (κ2) is 7.79. The summed E-state index contributed by atoms with van der Waals surface area (Å²) >= 11 is 1.74. The molecule has 1 aromatic carbocycles. The van der Waals surface area contributed by atoms with Crippen molar-refractivity contribution in [2.75, 3.05) is 6.54 Å². The Hall–Kier alpha value is -2.60. The molecular weight excluding hydrogens is 320 g/mol. The summed E-state index contributed by atoms with van der Waals surface area (Å²) in [5, 5.41) is 3.24. The summed E-state index contributed by atoms with van der Waals surface area (Å²) in [6.07, 6.45) is 6.75. The van der Waals surface area contributed by atoms with Crippen molar-refractivity contribution in [1.29, 1.82) is 0 Å². The highest BCUT2D eigenvalue weighted by Crippen LogP contribution is 2.22. The van der Waals surface area contributed by atoms with Gasteiger partial charge in [-0.15, -0.1) is 11.8 Å². The lowest BCUT2D eigenvalue weighted by molar-refractivity contribution is 0.0954. The Balaban J connectivity index is 1.53. The van der Waals surface area contributed by atoms with Gasteiger partial charge in [-0.3, -0.25) is 9.36 Å². The number of carbonyl (C=O) groups excluding carboxylic acids is 1. The minimum atomic E-state index is -0.111. The molecule has 0 aliphatic heterocycles. The summed E-state index contributed by atoms with van der Waals surface area (Å²) in [4.78, 5) is 21.7. The summed E-state index contributed by atoms with van der Waals surface area (Å²) in [7, 11) is 0. The maximum atomic E-state index is 12.2. The maximum Gasteiger partial charge on any atom is 0.252 e. The first kappa shape index (κ1) is 16.3. The first-order valence-electron chi connectivity index (χ1n) is 7.66. The molecule has 1 N–H and O–H groups in total. The monoisotopic (exact) mass is 338 g/mol. The Morgan fingerprint density at radius 2 is 2.08 bits per heavy atom. The first-order chi connectivity index (χ1) is 11.7. The fourth-order valence-corrected chi connectivity index (χ4v) is 3.12. The van der Waals surface area contributed by atoms with Gasteiger partial charge < -0.3 is 5.32 Å². The quantitative estimate of drug-likeness (QED) is 0.701. The van der Waals surface area contributed by atoms with E-state index in [1.54, 1.807) is 47.2 Å². The Morgan fingerprint density at radius 1 is 1.25 bits per heavy atom. The molecule has 2 heterocycles. The topological polar surface area (TPSA) is 59.8 Å². The van der Waals surface area contributed by atoms with Crippen LogP contribution in [0.4, 0.5) is 0 Å². The van der Waals surface area contributed by atoms with E-state index in [0.717, 1.165) is 5.82 Å². The minimum absolute atomic E-state index is 0.111. The van der Waals surface area contributed by atoms with E-state index >= 15 is 0 Å². The number of rotatable bonds is 6. The number of amides is 1. The summed E-state index contributed by atoms with van der Waals surface area (Å²) in [5.41, 5.74) is 0.552. The highest BCUT2D eigenvalue weighted by molar-refractivity contribution is 8.00. The number of hydrogen-bond donors (Lipinski definition) is 1. The molecule has 122 valence electrons. The molecular formula is C18H18N4OS. The Labute approximate surface area is 145 Å². The normalized spacial score (nSPS) is 11.9. The van der Waals surface area contributed by atoms with Crippen LogP contribution in [-0.4, -0.2) is 32.2 Å². The van der Waals surface area contributed by atoms with Crippen molar-refractivity contribution in [2.45, 2.75) is 17.1 Å². The first-order valence-corrected chi connectivity index (χ1v) is 8.54. The molecule has 0 bridgehead atoms. The van der Waals surface area contributed by atoms with E-state index in [1.807, 2.05) is 24.4 Å². The van der Waals surface area contributed by atoms with Gasteiger partial charge in [0.1, 0.15) is 12.1 Å². The van der Waals surface area contributed by atoms with Crippen molar-refractivity contribution in [3.8, 4) is 5.82 Å². The van der Waals surface area contributed by atoms with Crippen LogP contribution >= 0.6 is 11.8 Å². The van der Waals surface area contributed by atoms with E-state index in [-0.39, 0.29) is 11.2 Å². The number of nitrogens with one attached hydrogen (secondary N) is 1. The molecule has 0 saturated heterocycles. The maximum absolute atomic E-state index is 12.2. The van der Waals surface area contributed by atoms with Gasteiger partial charge >= 0.3 is 0 Å². The Morgan fingerprint density at radius 3 is 2.75 bits per heavy atom. The van der Waals surface area contributed by atoms with Crippen molar-refractivity contribution in [3.05, 3.63) is 72.9 Å². The van der Waals surface area contributed by atoms with Crippen LogP contribution in [0.25, 0.3) is 5.82 Å². The zero-order chi connectivity index (χ0) is 16.8. The number of thioether (sulfide) groups is 1. The van der Waals surface area contributed by atoms with Gasteiger partial charge in [0.15, 0.2) is 0 Å². The third-order valence-electron chi connectivity index (χ3n) is 3.41. The number of hydrogen-bond acceptors (Lipinski definition) is 4. The van der Waals surface area contributed by atoms with E-state index in [2.05, 4.69) is 34.3 Å². The zero-order valence-electron chi connectivity index (χ0n) is 13.3. The molecule has 0 unspecified atom stereocenters. The lowest BCUT2D eigenvalue weighted by Gasteiger charge is -2.12. The molecule has 0 aliphatic rings. The van der Waals surface area contributed by atoms with Crippen LogP contribution in [-0.2, 0) is 0 Å². The molecule has 0 spiro atoms. The van der Waals surface area contributed by atoms with E-state index in [1.165, 1.54) is 4.90 Å². The van der Waals surface area contributed by atoms with Crippen LogP contribution in [0.15, 0.2) is 72.3 Å². The van der Waals surface area contributed by atoms with E-state index in [0.29, 0.717) is 12.1 Å². The van der Waals surface area contributed by atoms with Crippen LogP contribution in [0.1, 0.15) is 17.3 Å². The van der Waals surface area contributed by atoms with Gasteiger partial charge in [-0.05, 0) is 24.3 Å². The number of carbonyl (C=O) groups is 1. The summed E-state index contributed by atoms with van der Waals surface area (Å²) < 4.78 is 1.79. The van der Waals surface area contributed by atoms with Gasteiger partial charge in [0.2, 0.25) is 0 Å². The molecule has 0 fully saturated rings. The van der Waals surface area contributed by atoms with Crippen molar-refractivity contribution in [3.63, 3.8) is 0 Å². The molecule has 5 nitrogen and oxygen atoms in total. The third kappa shape index (κ3) is 4.23. The van der Waals surface area contributed by atoms with Crippen molar-refractivity contribution in [2.24, 2.45) is 0 Å². The zero-order valence-corrected chi connectivity index (χ0v) is 14.1. The Kier molecular flexibility index (Phi) is 5.28. The molecule has 0 radical (unpaired) electrons. The molecule has 0 aliphatic carbocycles. The number of pyridine rings is 1. The van der Waals surface area contributed by atoms with Crippen molar-refractivity contribution in [1.82, 2.24) is 19.9 Å². The van der Waals surface area contributed by atoms with E-state index in [9.17, 15) is 4.79 Å². The molecule has 24 heavy (non-hydrogen) atoms. The van der Waals surface area contributed by atoms with Gasteiger partial charge in [0.25, 0.3) is 5.91 Å². The van der Waals surface area contributed by atoms with E-state index < -0.39 is 0 Å². The average Bonchev–Trinajstić information content (AvgIpc) is 3.15. The van der Waals surface area contributed by atoms with Gasteiger partial charge in [0, 0.05) is 35.3 Å². The van der Waals surface area contributed by atoms with Crippen LogP contribution in [0.2, 0.25) is 0 Å². The van der Waals surface area contributed by atoms with Gasteiger partial charge in [0.05, 0.1) is 5.56 Å². The fourth-order valence-electron chi connectivity index (χ4n) is 2.18. The molecule has 6 heteroatoms. The predicted octanol–water partition coefficient (Wildman–Crippen LogP) is 3.18. The van der Waals surface area contributed by atoms with Crippen LogP contribution in [0.3, 0.4) is 0 Å². The van der Waals surface area contributed by atoms with Gasteiger partial charge in [-0.2, -0.15) is 0 Å². The molecule has 0 saturated carbocycles. The Bertz CT molecular complexity index is 773. The molecule has 3 rings (SSSR count). The summed E-state index contributed by atoms with van der Waals surface area (Å²) in [6.45, 7) is 2.69. The standard InChI is InChI=1S/C18H18N4OS/c1-14(24-16-5-3-2-4-6-16)11-21-18(23)15-7-8-17(20-12-15)22-10-9-19-13-22/h2-10,12-14H,11H2,1H3,(H,21,23)/t14-/m0/s1. The lowest BCUT2D eigenvalue weighted by Crippen LogP contribution is -2.29. The largest absolute Gasteiger partial charge is 0.351 e. The van der Waals surface area contributed by atoms with Gasteiger partial charge in [-0.25, -0.2) is 9.97 Å². The van der Waals surface area contributed by atoms with Crippen LogP contribution in [0.5, 0.6) is 0 Å². The molecule has 3 aromatic rings. The summed E-state index contributed by atoms with van der Waals surface area (Å²) in [6, 6.07) is 13.7. The fraction of sp³-hybridized carbons (Fsp3) is 0.167. The van der Waals surface area contributed by atoms with Crippen LogP contribution in [0, 0.1) is 0 Å². The van der Waals surface area contributed by atoms with E-state index in [4.69, 9.17) is 0 Å². The third-order valence-corrected chi connectivity index (χ3v) is 4.52. The second-order valence-corrected chi connectivity index (χ2v) is 6.84. The SMILES string of the molecule is C[C@@H](CNC(=O)c1ccc(-n2ccnc2)nc1)Sc1ccccc1. The predicted molar refractivity (Wildman–Crippen MR) is 95.5 cm³/mol. The molecule has 1 atom stereocenters. The van der Waals surface area contributed by atoms with Crippen molar-refractivity contribution < 1.29 is 4.79 Å². The van der Waals surface area contributed by atoms with Gasteiger partial charge in [-0.1, -0.05) is 25.1 Å². The smallest absolute Gasteiger partial charge is 0.252 e. The molecule has 2 aromatic heterocycles. The number of aromatic nitrogens is 3. The average molecular weight is 338 g/mol. The number of imidazole rings is 1. The lowest BCUT2D eigenvalue weighted by atomic mass is 10.2. The highest BCUT2D eigenvalue weighted by atomic mass is 32.2. The minimum Gasteiger partial charge on any atom is -0.351 e. The molecule has 1 amide bonds. The second-order valence-electron chi connectivity index (χ2n) is 5.33. The summed E-state index contributed by atoms with van der Waals surface area (Å²) in [5.74, 6) is 0.622. The van der Waals surface area contributed by atoms with Crippen LogP contribution < -0.4 is 5.32 Å². The number of nitrogens with zero attached hydrogens (tertiary/aromatic N) is 3. The highest BCUT2D eigenvalue weighted by Gasteiger charge is 2.10. The van der Waals surface area contributed by atoms with Crippen molar-refractivity contribution >= 4 is 17.7 Å². The number of benzene rings is 1.